The van der Waals surface area contributed by atoms with Crippen LogP contribution in [-0.4, -0.2) is 33.1 Å². The number of ether oxygens (including phenoxy) is 2. The van der Waals surface area contributed by atoms with Gasteiger partial charge in [0.15, 0.2) is 6.61 Å². The second kappa shape index (κ2) is 9.38. The van der Waals surface area contributed by atoms with Gasteiger partial charge in [-0.3, -0.25) is 9.78 Å². The number of carbonyl (C=O) groups is 2. The first-order valence-corrected chi connectivity index (χ1v) is 11.0. The monoisotopic (exact) mass is 485 g/mol. The number of halogens is 1. The molecule has 5 aromatic rings. The van der Waals surface area contributed by atoms with Crippen molar-refractivity contribution in [2.75, 3.05) is 6.61 Å². The Morgan fingerprint density at radius 2 is 1.72 bits per heavy atom. The molecule has 3 aromatic carbocycles. The summed E-state index contributed by atoms with van der Waals surface area (Å²) in [5, 5.41) is 10.2. The number of benzene rings is 3. The Hall–Kier alpha value is -4.92. The smallest absolute Gasteiger partial charge is 0.341 e. The van der Waals surface area contributed by atoms with Crippen LogP contribution in [0.25, 0.3) is 21.8 Å². The SMILES string of the molecule is NC(=O)c1cccc2c1c1c(OCC(=O)O)cncc1n2Cc1cccc(Oc2ccc(F)cc2)c1. The van der Waals surface area contributed by atoms with Crippen LogP contribution in [0.1, 0.15) is 15.9 Å². The van der Waals surface area contributed by atoms with Gasteiger partial charge in [0.25, 0.3) is 0 Å². The molecule has 0 atom stereocenters. The van der Waals surface area contributed by atoms with Gasteiger partial charge < -0.3 is 24.9 Å². The van der Waals surface area contributed by atoms with E-state index in [1.54, 1.807) is 36.5 Å². The summed E-state index contributed by atoms with van der Waals surface area (Å²) >= 11 is 0. The van der Waals surface area contributed by atoms with E-state index in [2.05, 4.69) is 4.98 Å². The molecule has 0 aliphatic carbocycles. The van der Waals surface area contributed by atoms with E-state index in [9.17, 15) is 14.0 Å². The number of rotatable bonds is 8. The fraction of sp³-hybridized carbons (Fsp3) is 0.0741. The maximum absolute atomic E-state index is 13.2. The molecule has 3 N–H and O–H groups in total. The van der Waals surface area contributed by atoms with E-state index in [0.717, 1.165) is 5.56 Å². The Kier molecular flexibility index (Phi) is 5.95. The van der Waals surface area contributed by atoms with Gasteiger partial charge in [0.05, 0.1) is 28.8 Å². The molecule has 36 heavy (non-hydrogen) atoms. The molecule has 0 aliphatic rings. The van der Waals surface area contributed by atoms with E-state index in [0.29, 0.717) is 39.8 Å². The molecule has 0 saturated heterocycles. The average molecular weight is 485 g/mol. The van der Waals surface area contributed by atoms with Crippen molar-refractivity contribution in [3.63, 3.8) is 0 Å². The molecule has 0 spiro atoms. The molecule has 0 bridgehead atoms. The van der Waals surface area contributed by atoms with Gasteiger partial charge in [0, 0.05) is 17.5 Å². The van der Waals surface area contributed by atoms with Crippen LogP contribution < -0.4 is 15.2 Å². The Bertz CT molecular complexity index is 1610. The van der Waals surface area contributed by atoms with Gasteiger partial charge in [0.2, 0.25) is 5.91 Å². The minimum absolute atomic E-state index is 0.237. The highest BCUT2D eigenvalue weighted by Crippen LogP contribution is 2.37. The van der Waals surface area contributed by atoms with E-state index in [-0.39, 0.29) is 17.1 Å². The summed E-state index contributed by atoms with van der Waals surface area (Å²) in [6.45, 7) is -0.179. The largest absolute Gasteiger partial charge is 0.480 e. The highest BCUT2D eigenvalue weighted by atomic mass is 19.1. The Balaban J connectivity index is 1.61. The average Bonchev–Trinajstić information content (AvgIpc) is 3.18. The summed E-state index contributed by atoms with van der Waals surface area (Å²) in [5.74, 6) is -0.791. The zero-order valence-electron chi connectivity index (χ0n) is 18.8. The summed E-state index contributed by atoms with van der Waals surface area (Å²) in [7, 11) is 0. The molecule has 0 radical (unpaired) electrons. The van der Waals surface area contributed by atoms with E-state index in [4.69, 9.17) is 20.3 Å². The van der Waals surface area contributed by atoms with Crippen molar-refractivity contribution in [2.45, 2.75) is 6.54 Å². The molecule has 8 nitrogen and oxygen atoms in total. The molecule has 0 fully saturated rings. The van der Waals surface area contributed by atoms with E-state index >= 15 is 0 Å². The number of hydrogen-bond donors (Lipinski definition) is 2. The minimum Gasteiger partial charge on any atom is -0.480 e. The first-order valence-electron chi connectivity index (χ1n) is 11.0. The lowest BCUT2D eigenvalue weighted by Gasteiger charge is -2.11. The van der Waals surface area contributed by atoms with Crippen LogP contribution in [0.3, 0.4) is 0 Å². The summed E-state index contributed by atoms with van der Waals surface area (Å²) in [6, 6.07) is 18.4. The molecule has 0 aliphatic heterocycles. The first-order chi connectivity index (χ1) is 17.4. The van der Waals surface area contributed by atoms with Crippen LogP contribution in [-0.2, 0) is 11.3 Å². The number of aliphatic carboxylic acids is 1. The number of nitrogens with zero attached hydrogens (tertiary/aromatic N) is 2. The van der Waals surface area contributed by atoms with Gasteiger partial charge in [-0.05, 0) is 54.1 Å². The van der Waals surface area contributed by atoms with Crippen LogP contribution in [0.4, 0.5) is 4.39 Å². The first kappa shape index (κ1) is 22.9. The van der Waals surface area contributed by atoms with Gasteiger partial charge in [-0.2, -0.15) is 0 Å². The number of carbonyl (C=O) groups excluding carboxylic acids is 1. The van der Waals surface area contributed by atoms with Crippen molar-refractivity contribution in [1.82, 2.24) is 9.55 Å². The van der Waals surface area contributed by atoms with Crippen LogP contribution in [0, 0.1) is 5.82 Å². The third kappa shape index (κ3) is 4.41. The van der Waals surface area contributed by atoms with Gasteiger partial charge in [-0.25, -0.2) is 9.18 Å². The van der Waals surface area contributed by atoms with Gasteiger partial charge in [-0.15, -0.1) is 0 Å². The van der Waals surface area contributed by atoms with Crippen LogP contribution in [0.15, 0.2) is 79.1 Å². The van der Waals surface area contributed by atoms with Gasteiger partial charge >= 0.3 is 5.97 Å². The number of aromatic nitrogens is 2. The zero-order valence-corrected chi connectivity index (χ0v) is 18.8. The number of primary amides is 1. The topological polar surface area (TPSA) is 117 Å². The van der Waals surface area contributed by atoms with E-state index < -0.39 is 18.5 Å². The van der Waals surface area contributed by atoms with Crippen LogP contribution in [0.5, 0.6) is 17.2 Å². The quantitative estimate of drug-likeness (QED) is 0.328. The highest BCUT2D eigenvalue weighted by molar-refractivity contribution is 6.19. The number of amides is 1. The molecular formula is C27H20FN3O5. The second-order valence-corrected chi connectivity index (χ2v) is 8.07. The van der Waals surface area contributed by atoms with Crippen LogP contribution in [0.2, 0.25) is 0 Å². The molecule has 1 amide bonds. The standard InChI is InChI=1S/C27H20FN3O5/c28-17-7-9-18(10-8-17)36-19-4-1-3-16(11-19)14-31-21-6-2-5-20(27(29)34)25(21)26-22(31)12-30-13-23(26)35-15-24(32)33/h1-13H,14-15H2,(H2,29,34)(H,32,33). The lowest BCUT2D eigenvalue weighted by molar-refractivity contribution is -0.139. The predicted molar refractivity (Wildman–Crippen MR) is 131 cm³/mol. The summed E-state index contributed by atoms with van der Waals surface area (Å²) < 4.78 is 26.5. The lowest BCUT2D eigenvalue weighted by Crippen LogP contribution is -2.11. The van der Waals surface area contributed by atoms with E-state index in [1.165, 1.54) is 18.3 Å². The van der Waals surface area contributed by atoms with Crippen molar-refractivity contribution in [1.29, 1.82) is 0 Å². The summed E-state index contributed by atoms with van der Waals surface area (Å²) in [6.07, 6.45) is 3.05. The number of hydrogen-bond acceptors (Lipinski definition) is 5. The second-order valence-electron chi connectivity index (χ2n) is 8.07. The van der Waals surface area contributed by atoms with Crippen molar-refractivity contribution in [3.05, 3.63) is 96.1 Å². The molecule has 2 heterocycles. The Morgan fingerprint density at radius 3 is 2.47 bits per heavy atom. The lowest BCUT2D eigenvalue weighted by atomic mass is 10.1. The number of carboxylic acids is 1. The Morgan fingerprint density at radius 1 is 0.944 bits per heavy atom. The maximum atomic E-state index is 13.2. The minimum atomic E-state index is -1.14. The zero-order chi connectivity index (χ0) is 25.2. The number of pyridine rings is 1. The molecule has 9 heteroatoms. The normalized spacial score (nSPS) is 11.0. The summed E-state index contributed by atoms with van der Waals surface area (Å²) in [5.41, 5.74) is 8.19. The Labute approximate surface area is 204 Å². The van der Waals surface area contributed by atoms with Gasteiger partial charge in [-0.1, -0.05) is 18.2 Å². The predicted octanol–water partition coefficient (Wildman–Crippen LogP) is 4.73. The molecule has 5 rings (SSSR count). The maximum Gasteiger partial charge on any atom is 0.341 e. The molecule has 180 valence electrons. The van der Waals surface area contributed by atoms with E-state index in [1.807, 2.05) is 28.8 Å². The van der Waals surface area contributed by atoms with Gasteiger partial charge in [0.1, 0.15) is 23.1 Å². The third-order valence-corrected chi connectivity index (χ3v) is 5.67. The fourth-order valence-corrected chi connectivity index (χ4v) is 4.20. The number of nitrogens with two attached hydrogens (primary N) is 1. The fourth-order valence-electron chi connectivity index (χ4n) is 4.20. The highest BCUT2D eigenvalue weighted by Gasteiger charge is 2.20. The molecule has 0 saturated carbocycles. The molecule has 2 aromatic heterocycles. The number of carboxylic acid groups (broad SMARTS) is 1. The van der Waals surface area contributed by atoms with Crippen molar-refractivity contribution in [3.8, 4) is 17.2 Å². The van der Waals surface area contributed by atoms with Crippen molar-refractivity contribution >= 4 is 33.7 Å². The molecular weight excluding hydrogens is 465 g/mol. The number of fused-ring (bicyclic) bond motifs is 3. The van der Waals surface area contributed by atoms with Crippen molar-refractivity contribution in [2.24, 2.45) is 5.73 Å². The van der Waals surface area contributed by atoms with Crippen molar-refractivity contribution < 1.29 is 28.6 Å². The summed E-state index contributed by atoms with van der Waals surface area (Å²) in [4.78, 5) is 27.6. The molecule has 0 unspecified atom stereocenters. The third-order valence-electron chi connectivity index (χ3n) is 5.67. The van der Waals surface area contributed by atoms with Crippen LogP contribution >= 0.6 is 0 Å².